The summed E-state index contributed by atoms with van der Waals surface area (Å²) < 4.78 is 0. The molecule has 0 saturated heterocycles. The van der Waals surface area contributed by atoms with E-state index in [1.807, 2.05) is 19.0 Å². The van der Waals surface area contributed by atoms with Crippen LogP contribution in [0.15, 0.2) is 0 Å². The maximum Gasteiger partial charge on any atom is 0.308 e. The maximum atomic E-state index is 10.8. The first-order valence-corrected chi connectivity index (χ1v) is 4.52. The number of hydrogen-bond donors (Lipinski definition) is 1. The van der Waals surface area contributed by atoms with Gasteiger partial charge in [-0.2, -0.15) is 0 Å². The number of rotatable bonds is 2. The third kappa shape index (κ3) is 1.97. The summed E-state index contributed by atoms with van der Waals surface area (Å²) in [7, 11) is 3.93. The first kappa shape index (κ1) is 9.52. The molecule has 0 radical (unpaired) electrons. The summed E-state index contributed by atoms with van der Waals surface area (Å²) in [6.07, 6.45) is 4.12. The van der Waals surface area contributed by atoms with E-state index in [0.717, 1.165) is 19.3 Å². The van der Waals surface area contributed by atoms with Crippen LogP contribution >= 0.6 is 0 Å². The normalized spacial score (nSPS) is 30.6. The number of nitrogens with zero attached hydrogens (tertiary/aromatic N) is 1. The zero-order valence-electron chi connectivity index (χ0n) is 7.79. The number of carboxylic acid groups (broad SMARTS) is 1. The lowest BCUT2D eigenvalue weighted by Gasteiger charge is -2.33. The molecule has 1 aliphatic rings. The van der Waals surface area contributed by atoms with E-state index in [9.17, 15) is 4.79 Å². The van der Waals surface area contributed by atoms with Crippen molar-refractivity contribution in [1.82, 2.24) is 4.90 Å². The molecule has 0 bridgehead atoms. The molecule has 0 aromatic carbocycles. The molecule has 70 valence electrons. The van der Waals surface area contributed by atoms with E-state index in [4.69, 9.17) is 5.11 Å². The fourth-order valence-electron chi connectivity index (χ4n) is 2.02. The molecule has 12 heavy (non-hydrogen) atoms. The van der Waals surface area contributed by atoms with Gasteiger partial charge in [0, 0.05) is 6.04 Å². The third-order valence-electron chi connectivity index (χ3n) is 2.71. The summed E-state index contributed by atoms with van der Waals surface area (Å²) in [5, 5.41) is 8.93. The summed E-state index contributed by atoms with van der Waals surface area (Å²) in [5.41, 5.74) is 0. The Balaban J connectivity index is 2.60. The number of hydrogen-bond acceptors (Lipinski definition) is 2. The van der Waals surface area contributed by atoms with Crippen LogP contribution in [-0.2, 0) is 4.79 Å². The lowest BCUT2D eigenvalue weighted by atomic mass is 9.84. The van der Waals surface area contributed by atoms with E-state index in [1.165, 1.54) is 6.42 Å². The average Bonchev–Trinajstić information content (AvgIpc) is 2.04. The third-order valence-corrected chi connectivity index (χ3v) is 2.71. The van der Waals surface area contributed by atoms with Crippen LogP contribution < -0.4 is 0 Å². The second-order valence-corrected chi connectivity index (χ2v) is 3.76. The molecule has 1 N–H and O–H groups in total. The highest BCUT2D eigenvalue weighted by molar-refractivity contribution is 5.71. The lowest BCUT2D eigenvalue weighted by molar-refractivity contribution is -0.145. The van der Waals surface area contributed by atoms with E-state index in [0.29, 0.717) is 0 Å². The molecular weight excluding hydrogens is 154 g/mol. The molecule has 3 nitrogen and oxygen atoms in total. The van der Waals surface area contributed by atoms with Crippen LogP contribution in [0.4, 0.5) is 0 Å². The van der Waals surface area contributed by atoms with Crippen LogP contribution in [-0.4, -0.2) is 36.1 Å². The minimum atomic E-state index is -0.631. The quantitative estimate of drug-likeness (QED) is 0.678. The molecule has 3 heteroatoms. The van der Waals surface area contributed by atoms with Gasteiger partial charge in [0.2, 0.25) is 0 Å². The predicted octanol–water partition coefficient (Wildman–Crippen LogP) is 1.19. The number of carbonyl (C=O) groups is 1. The summed E-state index contributed by atoms with van der Waals surface area (Å²) in [5.74, 6) is -0.776. The van der Waals surface area contributed by atoms with Crippen molar-refractivity contribution >= 4 is 5.97 Å². The molecule has 2 unspecified atom stereocenters. The molecule has 1 saturated carbocycles. The van der Waals surface area contributed by atoms with Gasteiger partial charge in [-0.3, -0.25) is 4.79 Å². The van der Waals surface area contributed by atoms with Crippen molar-refractivity contribution < 1.29 is 9.90 Å². The Bertz CT molecular complexity index is 168. The van der Waals surface area contributed by atoms with Crippen molar-refractivity contribution in [2.24, 2.45) is 5.92 Å². The maximum absolute atomic E-state index is 10.8. The van der Waals surface area contributed by atoms with Crippen molar-refractivity contribution in [1.29, 1.82) is 0 Å². The Morgan fingerprint density at radius 2 is 1.92 bits per heavy atom. The Morgan fingerprint density at radius 1 is 1.33 bits per heavy atom. The lowest BCUT2D eigenvalue weighted by Crippen LogP contribution is -2.41. The van der Waals surface area contributed by atoms with Gasteiger partial charge in [0.15, 0.2) is 0 Å². The van der Waals surface area contributed by atoms with Gasteiger partial charge in [-0.15, -0.1) is 0 Å². The van der Waals surface area contributed by atoms with Gasteiger partial charge >= 0.3 is 5.97 Å². The second-order valence-electron chi connectivity index (χ2n) is 3.76. The van der Waals surface area contributed by atoms with E-state index in [-0.39, 0.29) is 12.0 Å². The van der Waals surface area contributed by atoms with Gasteiger partial charge in [0.25, 0.3) is 0 Å². The zero-order chi connectivity index (χ0) is 9.14. The van der Waals surface area contributed by atoms with Gasteiger partial charge in [-0.05, 0) is 26.9 Å². The van der Waals surface area contributed by atoms with Crippen molar-refractivity contribution in [2.75, 3.05) is 14.1 Å². The van der Waals surface area contributed by atoms with Gasteiger partial charge in [0.05, 0.1) is 5.92 Å². The van der Waals surface area contributed by atoms with Gasteiger partial charge < -0.3 is 10.0 Å². The van der Waals surface area contributed by atoms with Crippen LogP contribution in [0.25, 0.3) is 0 Å². The van der Waals surface area contributed by atoms with E-state index in [2.05, 4.69) is 0 Å². The van der Waals surface area contributed by atoms with Crippen LogP contribution in [0.2, 0.25) is 0 Å². The van der Waals surface area contributed by atoms with Crippen LogP contribution in [0.5, 0.6) is 0 Å². The minimum Gasteiger partial charge on any atom is -0.481 e. The molecule has 1 aliphatic carbocycles. The average molecular weight is 171 g/mol. The number of aliphatic carboxylic acids is 1. The fourth-order valence-corrected chi connectivity index (χ4v) is 2.02. The Labute approximate surface area is 73.4 Å². The molecule has 0 aromatic heterocycles. The fraction of sp³-hybridized carbons (Fsp3) is 0.889. The minimum absolute atomic E-state index is 0.145. The molecule has 0 aliphatic heterocycles. The van der Waals surface area contributed by atoms with Crippen molar-refractivity contribution in [3.63, 3.8) is 0 Å². The molecule has 1 fully saturated rings. The Kier molecular flexibility index (Phi) is 3.09. The van der Waals surface area contributed by atoms with Gasteiger partial charge in [-0.1, -0.05) is 12.8 Å². The van der Waals surface area contributed by atoms with Crippen LogP contribution in [0, 0.1) is 5.92 Å². The van der Waals surface area contributed by atoms with Crippen molar-refractivity contribution in [3.05, 3.63) is 0 Å². The smallest absolute Gasteiger partial charge is 0.308 e. The number of carboxylic acids is 1. The molecule has 0 spiro atoms. The standard InChI is InChI=1S/C9H17NO2/c1-10(2)8-6-4-3-5-7(8)9(11)12/h7-8H,3-6H2,1-2H3,(H,11,12). The SMILES string of the molecule is CN(C)C1CCCCC1C(=O)O. The van der Waals surface area contributed by atoms with Crippen LogP contribution in [0.3, 0.4) is 0 Å². The van der Waals surface area contributed by atoms with Crippen molar-refractivity contribution in [3.8, 4) is 0 Å². The van der Waals surface area contributed by atoms with Gasteiger partial charge in [0.1, 0.15) is 0 Å². The second kappa shape index (κ2) is 3.90. The van der Waals surface area contributed by atoms with Crippen molar-refractivity contribution in [2.45, 2.75) is 31.7 Å². The monoisotopic (exact) mass is 171 g/mol. The predicted molar refractivity (Wildman–Crippen MR) is 47.1 cm³/mol. The molecule has 0 aromatic rings. The molecule has 0 heterocycles. The van der Waals surface area contributed by atoms with E-state index < -0.39 is 5.97 Å². The largest absolute Gasteiger partial charge is 0.481 e. The molecule has 2 atom stereocenters. The summed E-state index contributed by atoms with van der Waals surface area (Å²) in [4.78, 5) is 12.9. The first-order valence-electron chi connectivity index (χ1n) is 4.52. The summed E-state index contributed by atoms with van der Waals surface area (Å²) in [6.45, 7) is 0. The van der Waals surface area contributed by atoms with E-state index >= 15 is 0 Å². The highest BCUT2D eigenvalue weighted by atomic mass is 16.4. The molecular formula is C9H17NO2. The Hall–Kier alpha value is -0.570. The van der Waals surface area contributed by atoms with Crippen LogP contribution in [0.1, 0.15) is 25.7 Å². The van der Waals surface area contributed by atoms with Gasteiger partial charge in [-0.25, -0.2) is 0 Å². The Morgan fingerprint density at radius 3 is 2.33 bits per heavy atom. The highest BCUT2D eigenvalue weighted by Gasteiger charge is 2.31. The highest BCUT2D eigenvalue weighted by Crippen LogP contribution is 2.27. The zero-order valence-corrected chi connectivity index (χ0v) is 7.79. The summed E-state index contributed by atoms with van der Waals surface area (Å²) in [6, 6.07) is 0.247. The topological polar surface area (TPSA) is 40.5 Å². The van der Waals surface area contributed by atoms with E-state index in [1.54, 1.807) is 0 Å². The first-order chi connectivity index (χ1) is 5.63. The summed E-state index contributed by atoms with van der Waals surface area (Å²) >= 11 is 0. The molecule has 0 amide bonds. The molecule has 1 rings (SSSR count).